The molecule has 0 saturated heterocycles. The highest BCUT2D eigenvalue weighted by Gasteiger charge is 2.18. The first-order chi connectivity index (χ1) is 23.8. The van der Waals surface area contributed by atoms with Gasteiger partial charge in [-0.15, -0.1) is 0 Å². The van der Waals surface area contributed by atoms with E-state index in [9.17, 15) is 0 Å². The van der Waals surface area contributed by atoms with Crippen molar-refractivity contribution in [3.8, 4) is 11.1 Å². The predicted molar refractivity (Wildman–Crippen MR) is 204 cm³/mol. The van der Waals surface area contributed by atoms with Crippen molar-refractivity contribution < 1.29 is 4.42 Å². The van der Waals surface area contributed by atoms with E-state index in [-0.39, 0.29) is 0 Å². The average Bonchev–Trinajstić information content (AvgIpc) is 3.54. The van der Waals surface area contributed by atoms with Crippen LogP contribution in [0.4, 0.5) is 17.1 Å². The standard InChI is InChI=1S/C46H29NO/c1-3-11-36-31(10-1)24-28-40-39(36)15-7-16-43(40)47(35-27-23-33-20-19-30-9-2-4-12-37(30)42(33)29-35)34-25-21-32(22-26-34)38-14-8-18-45-46(38)41-13-5-6-17-44(41)48-45/h1-29H. The zero-order valence-corrected chi connectivity index (χ0v) is 26.1. The molecule has 0 spiro atoms. The lowest BCUT2D eigenvalue weighted by atomic mass is 9.97. The molecule has 2 nitrogen and oxygen atoms in total. The van der Waals surface area contributed by atoms with E-state index in [0.717, 1.165) is 44.6 Å². The van der Waals surface area contributed by atoms with Crippen LogP contribution in [0.3, 0.4) is 0 Å². The number of nitrogens with zero attached hydrogens (tertiary/aromatic N) is 1. The van der Waals surface area contributed by atoms with Gasteiger partial charge >= 0.3 is 0 Å². The lowest BCUT2D eigenvalue weighted by Crippen LogP contribution is -2.10. The zero-order valence-electron chi connectivity index (χ0n) is 26.1. The van der Waals surface area contributed by atoms with Crippen LogP contribution in [0.1, 0.15) is 0 Å². The molecule has 10 rings (SSSR count). The molecule has 0 unspecified atom stereocenters. The van der Waals surface area contributed by atoms with Crippen molar-refractivity contribution in [1.29, 1.82) is 0 Å². The molecule has 0 atom stereocenters. The molecule has 10 aromatic rings. The zero-order chi connectivity index (χ0) is 31.6. The Morgan fingerprint density at radius 3 is 1.75 bits per heavy atom. The largest absolute Gasteiger partial charge is 0.456 e. The second kappa shape index (κ2) is 10.6. The van der Waals surface area contributed by atoms with Gasteiger partial charge in [-0.1, -0.05) is 133 Å². The SMILES string of the molecule is c1ccc2c(c1)ccc1ccc(N(c3ccc(-c4cccc5oc6ccccc6c45)cc3)c3cccc4c3ccc3ccccc34)cc12. The van der Waals surface area contributed by atoms with Crippen LogP contribution >= 0.6 is 0 Å². The average molecular weight is 612 g/mol. The van der Waals surface area contributed by atoms with Crippen LogP contribution in [0.5, 0.6) is 0 Å². The molecule has 9 aromatic carbocycles. The number of hydrogen-bond donors (Lipinski definition) is 0. The van der Waals surface area contributed by atoms with Crippen molar-refractivity contribution in [2.24, 2.45) is 0 Å². The molecule has 0 amide bonds. The molecule has 0 fully saturated rings. The number of benzene rings is 9. The number of fused-ring (bicyclic) bond motifs is 9. The van der Waals surface area contributed by atoms with Crippen molar-refractivity contribution in [2.75, 3.05) is 4.90 Å². The van der Waals surface area contributed by atoms with Gasteiger partial charge in [0.2, 0.25) is 0 Å². The molecule has 1 aromatic heterocycles. The van der Waals surface area contributed by atoms with E-state index >= 15 is 0 Å². The molecule has 0 aliphatic carbocycles. The predicted octanol–water partition coefficient (Wildman–Crippen LogP) is 13.3. The van der Waals surface area contributed by atoms with Crippen LogP contribution in [-0.4, -0.2) is 0 Å². The summed E-state index contributed by atoms with van der Waals surface area (Å²) in [6.45, 7) is 0. The molecule has 2 heteroatoms. The maximum atomic E-state index is 6.22. The van der Waals surface area contributed by atoms with Gasteiger partial charge in [-0.25, -0.2) is 0 Å². The molecule has 0 saturated carbocycles. The van der Waals surface area contributed by atoms with Crippen LogP contribution < -0.4 is 4.90 Å². The van der Waals surface area contributed by atoms with E-state index in [0.29, 0.717) is 0 Å². The van der Waals surface area contributed by atoms with Gasteiger partial charge in [-0.3, -0.25) is 0 Å². The summed E-state index contributed by atoms with van der Waals surface area (Å²) in [5, 5.41) is 12.2. The molecule has 48 heavy (non-hydrogen) atoms. The number of furan rings is 1. The topological polar surface area (TPSA) is 16.4 Å². The highest BCUT2D eigenvalue weighted by Crippen LogP contribution is 2.43. The van der Waals surface area contributed by atoms with Gasteiger partial charge in [0, 0.05) is 27.5 Å². The fourth-order valence-electron chi connectivity index (χ4n) is 7.58. The molecule has 1 heterocycles. The Balaban J connectivity index is 1.20. The van der Waals surface area contributed by atoms with Crippen LogP contribution in [0.15, 0.2) is 180 Å². The molecular formula is C46H29NO. The van der Waals surface area contributed by atoms with Gasteiger partial charge in [-0.05, 0) is 91.3 Å². The minimum Gasteiger partial charge on any atom is -0.456 e. The molecule has 0 aliphatic heterocycles. The molecule has 0 aliphatic rings. The Morgan fingerprint density at radius 1 is 0.354 bits per heavy atom. The van der Waals surface area contributed by atoms with Crippen LogP contribution in [0.25, 0.3) is 76.2 Å². The fourth-order valence-corrected chi connectivity index (χ4v) is 7.58. The van der Waals surface area contributed by atoms with E-state index in [2.05, 4.69) is 169 Å². The minimum absolute atomic E-state index is 0.908. The Labute approximate surface area is 277 Å². The lowest BCUT2D eigenvalue weighted by molar-refractivity contribution is 0.669. The van der Waals surface area contributed by atoms with E-state index in [1.165, 1.54) is 48.7 Å². The van der Waals surface area contributed by atoms with Gasteiger partial charge in [0.1, 0.15) is 11.2 Å². The first-order valence-corrected chi connectivity index (χ1v) is 16.4. The summed E-state index contributed by atoms with van der Waals surface area (Å²) in [5.74, 6) is 0. The van der Waals surface area contributed by atoms with Crippen molar-refractivity contribution in [2.45, 2.75) is 0 Å². The Hall–Kier alpha value is -6.38. The second-order valence-corrected chi connectivity index (χ2v) is 12.5. The first kappa shape index (κ1) is 26.8. The maximum absolute atomic E-state index is 6.22. The lowest BCUT2D eigenvalue weighted by Gasteiger charge is -2.28. The number of hydrogen-bond acceptors (Lipinski definition) is 2. The summed E-state index contributed by atoms with van der Waals surface area (Å²) in [7, 11) is 0. The van der Waals surface area contributed by atoms with Crippen molar-refractivity contribution >= 4 is 82.1 Å². The normalized spacial score (nSPS) is 11.8. The van der Waals surface area contributed by atoms with Gasteiger partial charge in [0.05, 0.1) is 5.69 Å². The van der Waals surface area contributed by atoms with Gasteiger partial charge in [-0.2, -0.15) is 0 Å². The Bertz CT molecular complexity index is 2840. The third-order valence-electron chi connectivity index (χ3n) is 9.83. The molecule has 0 bridgehead atoms. The molecule has 0 N–H and O–H groups in total. The van der Waals surface area contributed by atoms with Crippen molar-refractivity contribution in [3.05, 3.63) is 176 Å². The third-order valence-corrected chi connectivity index (χ3v) is 9.83. The molecular weight excluding hydrogens is 583 g/mol. The van der Waals surface area contributed by atoms with E-state index in [4.69, 9.17) is 4.42 Å². The van der Waals surface area contributed by atoms with E-state index in [1.807, 2.05) is 12.1 Å². The first-order valence-electron chi connectivity index (χ1n) is 16.4. The molecule has 224 valence electrons. The fraction of sp³-hybridized carbons (Fsp3) is 0. The second-order valence-electron chi connectivity index (χ2n) is 12.5. The van der Waals surface area contributed by atoms with Crippen molar-refractivity contribution in [1.82, 2.24) is 0 Å². The summed E-state index contributed by atoms with van der Waals surface area (Å²) in [5.41, 5.74) is 7.52. The summed E-state index contributed by atoms with van der Waals surface area (Å²) in [6.07, 6.45) is 0. The molecule has 0 radical (unpaired) electrons. The summed E-state index contributed by atoms with van der Waals surface area (Å²) < 4.78 is 6.22. The smallest absolute Gasteiger partial charge is 0.136 e. The number of anilines is 3. The highest BCUT2D eigenvalue weighted by atomic mass is 16.3. The Morgan fingerprint density at radius 2 is 0.938 bits per heavy atom. The summed E-state index contributed by atoms with van der Waals surface area (Å²) >= 11 is 0. The summed E-state index contributed by atoms with van der Waals surface area (Å²) in [4.78, 5) is 2.41. The monoisotopic (exact) mass is 611 g/mol. The third kappa shape index (κ3) is 4.13. The highest BCUT2D eigenvalue weighted by molar-refractivity contribution is 6.15. The summed E-state index contributed by atoms with van der Waals surface area (Å²) in [6, 6.07) is 63.4. The minimum atomic E-state index is 0.908. The van der Waals surface area contributed by atoms with E-state index in [1.54, 1.807) is 0 Å². The van der Waals surface area contributed by atoms with Gasteiger partial charge in [0.25, 0.3) is 0 Å². The Kier molecular flexibility index (Phi) is 5.91. The van der Waals surface area contributed by atoms with Gasteiger partial charge in [0.15, 0.2) is 0 Å². The van der Waals surface area contributed by atoms with Crippen LogP contribution in [0, 0.1) is 0 Å². The number of rotatable bonds is 4. The van der Waals surface area contributed by atoms with Crippen molar-refractivity contribution in [3.63, 3.8) is 0 Å². The maximum Gasteiger partial charge on any atom is 0.136 e. The van der Waals surface area contributed by atoms with Crippen LogP contribution in [-0.2, 0) is 0 Å². The quantitative estimate of drug-likeness (QED) is 0.184. The van der Waals surface area contributed by atoms with Gasteiger partial charge < -0.3 is 9.32 Å². The number of para-hydroxylation sites is 1. The van der Waals surface area contributed by atoms with Crippen LogP contribution in [0.2, 0.25) is 0 Å². The van der Waals surface area contributed by atoms with E-state index < -0.39 is 0 Å².